The van der Waals surface area contributed by atoms with Crippen LogP contribution in [0.2, 0.25) is 0 Å². The zero-order chi connectivity index (χ0) is 8.48. The van der Waals surface area contributed by atoms with Gasteiger partial charge in [0.05, 0.1) is 6.54 Å². The van der Waals surface area contributed by atoms with Crippen LogP contribution in [0.4, 0.5) is 8.78 Å². The first-order chi connectivity index (χ1) is 5.08. The van der Waals surface area contributed by atoms with Crippen molar-refractivity contribution in [2.24, 2.45) is 12.8 Å². The van der Waals surface area contributed by atoms with Crippen molar-refractivity contribution in [3.63, 3.8) is 0 Å². The number of halogens is 2. The highest BCUT2D eigenvalue weighted by molar-refractivity contribution is 5.08. The van der Waals surface area contributed by atoms with Crippen LogP contribution in [0.1, 0.15) is 5.69 Å². The average Bonchev–Trinajstić information content (AvgIpc) is 2.36. The van der Waals surface area contributed by atoms with Crippen LogP contribution in [0, 0.1) is 0 Å². The molecule has 1 rings (SSSR count). The fraction of sp³-hybridized carbons (Fsp3) is 0.500. The van der Waals surface area contributed by atoms with Gasteiger partial charge in [-0.05, 0) is 6.07 Å². The molecule has 1 aromatic rings. The maximum atomic E-state index is 12.8. The second-order valence-corrected chi connectivity index (χ2v) is 2.25. The first-order valence-electron chi connectivity index (χ1n) is 3.14. The van der Waals surface area contributed by atoms with Crippen LogP contribution in [0.15, 0.2) is 12.3 Å². The van der Waals surface area contributed by atoms with Gasteiger partial charge in [0, 0.05) is 13.2 Å². The van der Waals surface area contributed by atoms with Crippen LogP contribution >= 0.6 is 0 Å². The quantitative estimate of drug-likeness (QED) is 0.685. The molecule has 0 spiro atoms. The standard InChI is InChI=1S/C6H9F2N3/c1-11-5(2-3-10-11)6(7,8)4-9/h2-3H,4,9H2,1H3. The van der Waals surface area contributed by atoms with Gasteiger partial charge < -0.3 is 5.73 Å². The van der Waals surface area contributed by atoms with Crippen molar-refractivity contribution in [1.29, 1.82) is 0 Å². The van der Waals surface area contributed by atoms with Crippen LogP contribution < -0.4 is 5.73 Å². The Bertz CT molecular complexity index is 244. The summed E-state index contributed by atoms with van der Waals surface area (Å²) in [6, 6.07) is 1.26. The van der Waals surface area contributed by atoms with Crippen LogP contribution in [-0.2, 0) is 13.0 Å². The Kier molecular flexibility index (Phi) is 1.90. The molecule has 0 atom stereocenters. The van der Waals surface area contributed by atoms with Gasteiger partial charge in [0.1, 0.15) is 5.69 Å². The maximum Gasteiger partial charge on any atom is 0.301 e. The summed E-state index contributed by atoms with van der Waals surface area (Å²) in [7, 11) is 1.46. The Morgan fingerprint density at radius 3 is 2.73 bits per heavy atom. The summed E-state index contributed by atoms with van der Waals surface area (Å²) in [6.45, 7) is -0.688. The molecule has 0 aliphatic carbocycles. The van der Waals surface area contributed by atoms with Crippen molar-refractivity contribution >= 4 is 0 Å². The number of rotatable bonds is 2. The maximum absolute atomic E-state index is 12.8. The average molecular weight is 161 g/mol. The smallest absolute Gasteiger partial charge is 0.301 e. The van der Waals surface area contributed by atoms with Gasteiger partial charge in [-0.15, -0.1) is 0 Å². The molecule has 11 heavy (non-hydrogen) atoms. The minimum atomic E-state index is -2.97. The third-order valence-corrected chi connectivity index (χ3v) is 1.45. The molecule has 2 N–H and O–H groups in total. The zero-order valence-electron chi connectivity index (χ0n) is 6.09. The van der Waals surface area contributed by atoms with E-state index in [0.717, 1.165) is 4.68 Å². The molecular formula is C6H9F2N3. The Balaban J connectivity index is 3.00. The Morgan fingerprint density at radius 1 is 1.73 bits per heavy atom. The number of nitrogens with two attached hydrogens (primary N) is 1. The molecule has 0 fully saturated rings. The second kappa shape index (κ2) is 2.58. The third-order valence-electron chi connectivity index (χ3n) is 1.45. The summed E-state index contributed by atoms with van der Waals surface area (Å²) < 4.78 is 26.7. The van der Waals surface area contributed by atoms with Gasteiger partial charge in [0.15, 0.2) is 0 Å². The van der Waals surface area contributed by atoms with Gasteiger partial charge in [-0.1, -0.05) is 0 Å². The van der Waals surface area contributed by atoms with E-state index in [0.29, 0.717) is 0 Å². The third kappa shape index (κ3) is 1.37. The summed E-state index contributed by atoms with van der Waals surface area (Å²) >= 11 is 0. The van der Waals surface area contributed by atoms with Crippen molar-refractivity contribution in [2.45, 2.75) is 5.92 Å². The van der Waals surface area contributed by atoms with E-state index >= 15 is 0 Å². The molecule has 0 aliphatic heterocycles. The van der Waals surface area contributed by atoms with E-state index in [-0.39, 0.29) is 5.69 Å². The van der Waals surface area contributed by atoms with Crippen LogP contribution in [0.5, 0.6) is 0 Å². The largest absolute Gasteiger partial charge is 0.325 e. The predicted octanol–water partition coefficient (Wildman–Crippen LogP) is 0.471. The first kappa shape index (κ1) is 8.13. The molecule has 0 bridgehead atoms. The fourth-order valence-electron chi connectivity index (χ4n) is 0.837. The number of nitrogens with zero attached hydrogens (tertiary/aromatic N) is 2. The number of hydrogen-bond donors (Lipinski definition) is 1. The lowest BCUT2D eigenvalue weighted by molar-refractivity contribution is -0.00238. The molecule has 5 heteroatoms. The Labute approximate surface area is 62.8 Å². The van der Waals surface area contributed by atoms with Crippen LogP contribution in [0.3, 0.4) is 0 Å². The van der Waals surface area contributed by atoms with E-state index in [9.17, 15) is 8.78 Å². The van der Waals surface area contributed by atoms with Crippen molar-refractivity contribution in [3.05, 3.63) is 18.0 Å². The highest BCUT2D eigenvalue weighted by atomic mass is 19.3. The number of alkyl halides is 2. The summed E-state index contributed by atoms with van der Waals surface area (Å²) in [5.74, 6) is -2.97. The van der Waals surface area contributed by atoms with Crippen molar-refractivity contribution in [1.82, 2.24) is 9.78 Å². The fourth-order valence-corrected chi connectivity index (χ4v) is 0.837. The molecule has 3 nitrogen and oxygen atoms in total. The second-order valence-electron chi connectivity index (χ2n) is 2.25. The molecule has 0 aliphatic rings. The lowest BCUT2D eigenvalue weighted by Gasteiger charge is -2.13. The zero-order valence-corrected chi connectivity index (χ0v) is 6.09. The molecule has 0 radical (unpaired) electrons. The number of aryl methyl sites for hydroxylation is 1. The van der Waals surface area contributed by atoms with Gasteiger partial charge >= 0.3 is 5.92 Å². The lowest BCUT2D eigenvalue weighted by Crippen LogP contribution is -2.27. The van der Waals surface area contributed by atoms with E-state index in [1.807, 2.05) is 0 Å². The summed E-state index contributed by atoms with van der Waals surface area (Å²) in [4.78, 5) is 0. The molecule has 0 amide bonds. The van der Waals surface area contributed by atoms with Gasteiger partial charge in [0.25, 0.3) is 0 Å². The van der Waals surface area contributed by atoms with Crippen LogP contribution in [-0.4, -0.2) is 16.3 Å². The number of hydrogen-bond acceptors (Lipinski definition) is 2. The van der Waals surface area contributed by atoms with Crippen molar-refractivity contribution in [3.8, 4) is 0 Å². The highest BCUT2D eigenvalue weighted by Crippen LogP contribution is 2.24. The molecule has 0 saturated heterocycles. The van der Waals surface area contributed by atoms with Gasteiger partial charge in [-0.25, -0.2) is 0 Å². The topological polar surface area (TPSA) is 43.8 Å². The molecule has 62 valence electrons. The van der Waals surface area contributed by atoms with Crippen LogP contribution in [0.25, 0.3) is 0 Å². The minimum absolute atomic E-state index is 0.153. The Hall–Kier alpha value is -0.970. The number of aromatic nitrogens is 2. The van der Waals surface area contributed by atoms with Gasteiger partial charge in [0.2, 0.25) is 0 Å². The summed E-state index contributed by atoms with van der Waals surface area (Å²) in [5, 5.41) is 3.61. The van der Waals surface area contributed by atoms with E-state index in [4.69, 9.17) is 5.73 Å². The molecule has 1 aromatic heterocycles. The van der Waals surface area contributed by atoms with Gasteiger partial charge in [-0.3, -0.25) is 4.68 Å². The van der Waals surface area contributed by atoms with Gasteiger partial charge in [-0.2, -0.15) is 13.9 Å². The molecule has 0 aromatic carbocycles. The molecular weight excluding hydrogens is 152 g/mol. The van der Waals surface area contributed by atoms with Crippen molar-refractivity contribution < 1.29 is 8.78 Å². The predicted molar refractivity (Wildman–Crippen MR) is 36.2 cm³/mol. The monoisotopic (exact) mass is 161 g/mol. The minimum Gasteiger partial charge on any atom is -0.325 e. The van der Waals surface area contributed by atoms with Crippen molar-refractivity contribution in [2.75, 3.05) is 6.54 Å². The first-order valence-corrected chi connectivity index (χ1v) is 3.14. The molecule has 0 unspecified atom stereocenters. The molecule has 0 saturated carbocycles. The molecule has 1 heterocycles. The van der Waals surface area contributed by atoms with E-state index in [1.165, 1.54) is 19.3 Å². The highest BCUT2D eigenvalue weighted by Gasteiger charge is 2.32. The lowest BCUT2D eigenvalue weighted by atomic mass is 10.2. The summed E-state index contributed by atoms with van der Waals surface area (Å²) in [5.41, 5.74) is 4.72. The normalized spacial score (nSPS) is 12.0. The summed E-state index contributed by atoms with van der Waals surface area (Å²) in [6.07, 6.45) is 1.32. The SMILES string of the molecule is Cn1nccc1C(F)(F)CN. The Morgan fingerprint density at radius 2 is 2.36 bits per heavy atom. The van der Waals surface area contributed by atoms with E-state index in [2.05, 4.69) is 5.10 Å². The van der Waals surface area contributed by atoms with E-state index in [1.54, 1.807) is 0 Å². The van der Waals surface area contributed by atoms with E-state index < -0.39 is 12.5 Å².